The highest BCUT2D eigenvalue weighted by atomic mass is 16.5. The van der Waals surface area contributed by atoms with Crippen LogP contribution in [0.2, 0.25) is 0 Å². The number of benzene rings is 1. The predicted molar refractivity (Wildman–Crippen MR) is 69.1 cm³/mol. The molecule has 0 spiro atoms. The van der Waals surface area contributed by atoms with E-state index in [0.717, 1.165) is 43.0 Å². The van der Waals surface area contributed by atoms with Gasteiger partial charge in [-0.15, -0.1) is 0 Å². The quantitative estimate of drug-likeness (QED) is 0.799. The summed E-state index contributed by atoms with van der Waals surface area (Å²) < 4.78 is 10.5. The molecule has 0 unspecified atom stereocenters. The number of ether oxygens (including phenoxy) is 2. The summed E-state index contributed by atoms with van der Waals surface area (Å²) in [5.41, 5.74) is 1.08. The zero-order valence-corrected chi connectivity index (χ0v) is 10.9. The molecule has 0 aromatic heterocycles. The van der Waals surface area contributed by atoms with Gasteiger partial charge < -0.3 is 14.4 Å². The molecule has 1 saturated heterocycles. The first-order valence-electron chi connectivity index (χ1n) is 6.23. The Labute approximate surface area is 107 Å². The predicted octanol–water partition coefficient (Wildman–Crippen LogP) is 1.87. The minimum atomic E-state index is 0.261. The van der Waals surface area contributed by atoms with Gasteiger partial charge >= 0.3 is 0 Å². The zero-order chi connectivity index (χ0) is 13.0. The number of hydrogen-bond donors (Lipinski definition) is 0. The number of rotatable bonds is 5. The van der Waals surface area contributed by atoms with Crippen LogP contribution in [0.25, 0.3) is 0 Å². The molecule has 0 bridgehead atoms. The largest absolute Gasteiger partial charge is 0.497 e. The van der Waals surface area contributed by atoms with Gasteiger partial charge in [-0.25, -0.2) is 0 Å². The molecule has 0 N–H and O–H groups in total. The summed E-state index contributed by atoms with van der Waals surface area (Å²) in [5, 5.41) is 0. The van der Waals surface area contributed by atoms with E-state index in [4.69, 9.17) is 9.47 Å². The fourth-order valence-corrected chi connectivity index (χ4v) is 2.27. The molecule has 0 atom stereocenters. The SMILES string of the molecule is COc1ccc(OC)c(CCN2CCCC2=O)c1. The molecule has 98 valence electrons. The van der Waals surface area contributed by atoms with Crippen molar-refractivity contribution in [3.05, 3.63) is 23.8 Å². The smallest absolute Gasteiger partial charge is 0.222 e. The van der Waals surface area contributed by atoms with Crippen LogP contribution in [0.15, 0.2) is 18.2 Å². The summed E-state index contributed by atoms with van der Waals surface area (Å²) in [6, 6.07) is 5.75. The van der Waals surface area contributed by atoms with E-state index in [2.05, 4.69) is 0 Å². The number of amides is 1. The molecule has 1 amide bonds. The Hall–Kier alpha value is -1.71. The third-order valence-electron chi connectivity index (χ3n) is 3.31. The Bertz CT molecular complexity index is 431. The van der Waals surface area contributed by atoms with Gasteiger partial charge in [0.15, 0.2) is 0 Å². The molecule has 0 radical (unpaired) electrons. The van der Waals surface area contributed by atoms with E-state index in [1.165, 1.54) is 0 Å². The van der Waals surface area contributed by atoms with Gasteiger partial charge in [0.25, 0.3) is 0 Å². The molecule has 1 aromatic carbocycles. The van der Waals surface area contributed by atoms with Gasteiger partial charge in [-0.3, -0.25) is 4.79 Å². The van der Waals surface area contributed by atoms with Crippen molar-refractivity contribution in [2.24, 2.45) is 0 Å². The topological polar surface area (TPSA) is 38.8 Å². The molecule has 1 aliphatic rings. The molecular weight excluding hydrogens is 230 g/mol. The van der Waals surface area contributed by atoms with Crippen molar-refractivity contribution in [2.75, 3.05) is 27.3 Å². The molecule has 1 heterocycles. The maximum absolute atomic E-state index is 11.5. The van der Waals surface area contributed by atoms with Crippen LogP contribution in [0.5, 0.6) is 11.5 Å². The summed E-state index contributed by atoms with van der Waals surface area (Å²) in [6.45, 7) is 1.63. The molecule has 18 heavy (non-hydrogen) atoms. The van der Waals surface area contributed by atoms with Crippen LogP contribution in [0.4, 0.5) is 0 Å². The summed E-state index contributed by atoms with van der Waals surface area (Å²) in [4.78, 5) is 13.5. The summed E-state index contributed by atoms with van der Waals surface area (Å²) in [5.74, 6) is 1.93. The Balaban J connectivity index is 2.04. The number of carbonyl (C=O) groups is 1. The first kappa shape index (κ1) is 12.7. The van der Waals surface area contributed by atoms with Crippen molar-refractivity contribution in [3.63, 3.8) is 0 Å². The lowest BCUT2D eigenvalue weighted by Crippen LogP contribution is -2.26. The number of nitrogens with zero attached hydrogens (tertiary/aromatic N) is 1. The molecule has 0 aliphatic carbocycles. The minimum Gasteiger partial charge on any atom is -0.497 e. The van der Waals surface area contributed by atoms with Crippen molar-refractivity contribution in [1.29, 1.82) is 0 Å². The van der Waals surface area contributed by atoms with E-state index in [0.29, 0.717) is 6.42 Å². The van der Waals surface area contributed by atoms with Gasteiger partial charge in [-0.1, -0.05) is 0 Å². The minimum absolute atomic E-state index is 0.261. The third kappa shape index (κ3) is 2.75. The first-order valence-corrected chi connectivity index (χ1v) is 6.23. The van der Waals surface area contributed by atoms with E-state index >= 15 is 0 Å². The maximum Gasteiger partial charge on any atom is 0.222 e. The Morgan fingerprint density at radius 3 is 2.72 bits per heavy atom. The van der Waals surface area contributed by atoms with Gasteiger partial charge in [-0.05, 0) is 36.6 Å². The Kier molecular flexibility index (Phi) is 4.07. The summed E-state index contributed by atoms with van der Waals surface area (Å²) >= 11 is 0. The molecule has 4 heteroatoms. The summed E-state index contributed by atoms with van der Waals surface area (Å²) in [7, 11) is 3.31. The van der Waals surface area contributed by atoms with Crippen molar-refractivity contribution < 1.29 is 14.3 Å². The van der Waals surface area contributed by atoms with Gasteiger partial charge in [0.05, 0.1) is 14.2 Å². The fraction of sp³-hybridized carbons (Fsp3) is 0.500. The van der Waals surface area contributed by atoms with Crippen LogP contribution in [0.1, 0.15) is 18.4 Å². The van der Waals surface area contributed by atoms with Crippen molar-refractivity contribution in [3.8, 4) is 11.5 Å². The highest BCUT2D eigenvalue weighted by Crippen LogP contribution is 2.25. The van der Waals surface area contributed by atoms with Gasteiger partial charge in [-0.2, -0.15) is 0 Å². The van der Waals surface area contributed by atoms with Crippen LogP contribution in [0, 0.1) is 0 Å². The van der Waals surface area contributed by atoms with E-state index in [1.54, 1.807) is 14.2 Å². The maximum atomic E-state index is 11.5. The van der Waals surface area contributed by atoms with Gasteiger partial charge in [0, 0.05) is 19.5 Å². The molecule has 4 nitrogen and oxygen atoms in total. The lowest BCUT2D eigenvalue weighted by molar-refractivity contribution is -0.127. The molecule has 0 saturated carbocycles. The second-order valence-corrected chi connectivity index (χ2v) is 4.41. The molecule has 1 fully saturated rings. The highest BCUT2D eigenvalue weighted by molar-refractivity contribution is 5.78. The molecule has 2 rings (SSSR count). The van der Waals surface area contributed by atoms with Crippen LogP contribution >= 0.6 is 0 Å². The second kappa shape index (κ2) is 5.76. The zero-order valence-electron chi connectivity index (χ0n) is 10.9. The molecule has 1 aliphatic heterocycles. The fourth-order valence-electron chi connectivity index (χ4n) is 2.27. The van der Waals surface area contributed by atoms with Crippen LogP contribution < -0.4 is 9.47 Å². The van der Waals surface area contributed by atoms with E-state index < -0.39 is 0 Å². The van der Waals surface area contributed by atoms with Crippen molar-refractivity contribution >= 4 is 5.91 Å². The van der Waals surface area contributed by atoms with E-state index in [9.17, 15) is 4.79 Å². The van der Waals surface area contributed by atoms with Crippen molar-refractivity contribution in [1.82, 2.24) is 4.90 Å². The average molecular weight is 249 g/mol. The monoisotopic (exact) mass is 249 g/mol. The number of carbonyl (C=O) groups excluding carboxylic acids is 1. The third-order valence-corrected chi connectivity index (χ3v) is 3.31. The van der Waals surface area contributed by atoms with E-state index in [1.807, 2.05) is 23.1 Å². The first-order chi connectivity index (χ1) is 8.74. The number of methoxy groups -OCH3 is 2. The lowest BCUT2D eigenvalue weighted by atomic mass is 10.1. The second-order valence-electron chi connectivity index (χ2n) is 4.41. The standard InChI is InChI=1S/C14H19NO3/c1-17-12-5-6-13(18-2)11(10-12)7-9-15-8-3-4-14(15)16/h5-6,10H,3-4,7-9H2,1-2H3. The van der Waals surface area contributed by atoms with Crippen LogP contribution in [-0.4, -0.2) is 38.1 Å². The van der Waals surface area contributed by atoms with Crippen LogP contribution in [0.3, 0.4) is 0 Å². The molecular formula is C14H19NO3. The molecule has 1 aromatic rings. The number of hydrogen-bond acceptors (Lipinski definition) is 3. The lowest BCUT2D eigenvalue weighted by Gasteiger charge is -2.17. The normalized spacial score (nSPS) is 15.0. The van der Waals surface area contributed by atoms with Gasteiger partial charge in [0.1, 0.15) is 11.5 Å². The average Bonchev–Trinajstić information content (AvgIpc) is 2.81. The Morgan fingerprint density at radius 2 is 2.11 bits per heavy atom. The summed E-state index contributed by atoms with van der Waals surface area (Å²) in [6.07, 6.45) is 2.47. The van der Waals surface area contributed by atoms with E-state index in [-0.39, 0.29) is 5.91 Å². The van der Waals surface area contributed by atoms with Gasteiger partial charge in [0.2, 0.25) is 5.91 Å². The Morgan fingerprint density at radius 1 is 1.28 bits per heavy atom. The number of likely N-dealkylation sites (tertiary alicyclic amines) is 1. The van der Waals surface area contributed by atoms with Crippen LogP contribution in [-0.2, 0) is 11.2 Å². The highest BCUT2D eigenvalue weighted by Gasteiger charge is 2.20. The van der Waals surface area contributed by atoms with Crippen molar-refractivity contribution in [2.45, 2.75) is 19.3 Å².